The van der Waals surface area contributed by atoms with Crippen LogP contribution >= 0.6 is 0 Å². The highest BCUT2D eigenvalue weighted by atomic mass is 16.5. The number of aryl methyl sites for hydroxylation is 3. The van der Waals surface area contributed by atoms with Crippen LogP contribution in [0.1, 0.15) is 47.6 Å². The number of aliphatic hydroxyl groups excluding tert-OH is 2. The number of rotatable bonds is 2. The molecule has 2 aliphatic rings. The molecule has 4 aromatic rings. The van der Waals surface area contributed by atoms with E-state index >= 15 is 0 Å². The van der Waals surface area contributed by atoms with E-state index in [1.165, 1.54) is 0 Å². The minimum atomic E-state index is -0.886. The molecule has 0 bridgehead atoms. The lowest BCUT2D eigenvalue weighted by Crippen LogP contribution is -2.37. The third-order valence-electron chi connectivity index (χ3n) is 7.69. The number of aromatic nitrogens is 5. The molecule has 4 aromatic heterocycles. The van der Waals surface area contributed by atoms with Crippen LogP contribution in [0.15, 0.2) is 36.9 Å². The van der Waals surface area contributed by atoms with Crippen molar-refractivity contribution in [1.29, 1.82) is 0 Å². The van der Waals surface area contributed by atoms with Crippen LogP contribution in [0.4, 0.5) is 0 Å². The summed E-state index contributed by atoms with van der Waals surface area (Å²) in [4.78, 5) is 13.3. The zero-order chi connectivity index (χ0) is 22.2. The molecule has 1 saturated heterocycles. The van der Waals surface area contributed by atoms with E-state index in [2.05, 4.69) is 38.4 Å². The summed E-state index contributed by atoms with van der Waals surface area (Å²) in [5.74, 6) is 0. The van der Waals surface area contributed by atoms with E-state index in [0.717, 1.165) is 39.3 Å². The van der Waals surface area contributed by atoms with Gasteiger partial charge in [-0.3, -0.25) is 0 Å². The van der Waals surface area contributed by atoms with Crippen LogP contribution in [-0.4, -0.2) is 52.9 Å². The molecular formula is C24H27N5O3. The van der Waals surface area contributed by atoms with Crippen molar-refractivity contribution in [2.45, 2.75) is 58.0 Å². The van der Waals surface area contributed by atoms with Gasteiger partial charge in [-0.2, -0.15) is 0 Å². The molecule has 0 aromatic carbocycles. The molecule has 8 nitrogen and oxygen atoms in total. The van der Waals surface area contributed by atoms with Crippen molar-refractivity contribution < 1.29 is 14.9 Å². The summed E-state index contributed by atoms with van der Waals surface area (Å²) < 4.78 is 10.3. The van der Waals surface area contributed by atoms with Crippen LogP contribution in [-0.2, 0) is 4.74 Å². The molecule has 1 aliphatic carbocycles. The van der Waals surface area contributed by atoms with Crippen molar-refractivity contribution >= 4 is 16.7 Å². The van der Waals surface area contributed by atoms with Crippen LogP contribution in [0.2, 0.25) is 0 Å². The maximum atomic E-state index is 11.1. The molecule has 2 fully saturated rings. The van der Waals surface area contributed by atoms with Gasteiger partial charge in [0.1, 0.15) is 23.7 Å². The van der Waals surface area contributed by atoms with Crippen molar-refractivity contribution in [2.24, 2.45) is 5.41 Å². The summed E-state index contributed by atoms with van der Waals surface area (Å²) in [6.07, 6.45) is 4.92. The van der Waals surface area contributed by atoms with E-state index in [0.29, 0.717) is 19.4 Å². The Balaban J connectivity index is 1.31. The quantitative estimate of drug-likeness (QED) is 0.505. The van der Waals surface area contributed by atoms with Crippen molar-refractivity contribution in [3.8, 4) is 0 Å². The Labute approximate surface area is 185 Å². The number of ether oxygens (including phenoxy) is 1. The first-order valence-electron chi connectivity index (χ1n) is 11.1. The van der Waals surface area contributed by atoms with Gasteiger partial charge in [0.25, 0.3) is 0 Å². The first kappa shape index (κ1) is 19.8. The summed E-state index contributed by atoms with van der Waals surface area (Å²) in [6, 6.07) is 5.85. The second-order valence-electron chi connectivity index (χ2n) is 9.46. The molecule has 1 spiro atoms. The van der Waals surface area contributed by atoms with Crippen molar-refractivity contribution in [2.75, 3.05) is 6.61 Å². The maximum Gasteiger partial charge on any atom is 0.143 e. The van der Waals surface area contributed by atoms with Crippen LogP contribution in [0.5, 0.6) is 0 Å². The SMILES string of the molecule is Cc1nc2cc(C3CC4(CO3)CC(n3ccc5c(C)ncnc53)C(O)C4O)ccn2c1C. The second kappa shape index (κ2) is 6.84. The number of hydrogen-bond acceptors (Lipinski definition) is 6. The number of imidazole rings is 1. The highest BCUT2D eigenvalue weighted by molar-refractivity contribution is 5.78. The Hall–Kier alpha value is -2.81. The van der Waals surface area contributed by atoms with Crippen LogP contribution in [0.25, 0.3) is 16.7 Å². The Bertz CT molecular complexity index is 1340. The Kier molecular flexibility index (Phi) is 4.24. The van der Waals surface area contributed by atoms with E-state index in [9.17, 15) is 10.2 Å². The van der Waals surface area contributed by atoms with Crippen LogP contribution in [0, 0.1) is 26.2 Å². The molecule has 2 N–H and O–H groups in total. The fraction of sp³-hybridized carbons (Fsp3) is 0.458. The highest BCUT2D eigenvalue weighted by Crippen LogP contribution is 2.54. The summed E-state index contributed by atoms with van der Waals surface area (Å²) in [5, 5.41) is 23.1. The molecule has 166 valence electrons. The third kappa shape index (κ3) is 2.69. The largest absolute Gasteiger partial charge is 0.390 e. The second-order valence-corrected chi connectivity index (χ2v) is 9.46. The molecule has 0 amide bonds. The predicted molar refractivity (Wildman–Crippen MR) is 118 cm³/mol. The lowest BCUT2D eigenvalue weighted by atomic mass is 9.80. The molecule has 0 radical (unpaired) electrons. The van der Waals surface area contributed by atoms with Gasteiger partial charge in [-0.1, -0.05) is 0 Å². The molecular weight excluding hydrogens is 406 g/mol. The average molecular weight is 434 g/mol. The summed E-state index contributed by atoms with van der Waals surface area (Å²) in [7, 11) is 0. The van der Waals surface area contributed by atoms with Gasteiger partial charge in [-0.25, -0.2) is 15.0 Å². The molecule has 5 heterocycles. The first-order chi connectivity index (χ1) is 15.4. The minimum Gasteiger partial charge on any atom is -0.390 e. The number of fused-ring (bicyclic) bond motifs is 2. The minimum absolute atomic E-state index is 0.135. The van der Waals surface area contributed by atoms with Gasteiger partial charge in [0, 0.05) is 28.9 Å². The van der Waals surface area contributed by atoms with Crippen LogP contribution in [0.3, 0.4) is 0 Å². The van der Waals surface area contributed by atoms with Crippen LogP contribution < -0.4 is 0 Å². The molecule has 6 rings (SSSR count). The molecule has 1 aliphatic heterocycles. The first-order valence-corrected chi connectivity index (χ1v) is 11.1. The smallest absolute Gasteiger partial charge is 0.143 e. The number of pyridine rings is 1. The molecule has 1 saturated carbocycles. The van der Waals surface area contributed by atoms with E-state index in [-0.39, 0.29) is 12.1 Å². The van der Waals surface area contributed by atoms with Gasteiger partial charge in [-0.05, 0) is 57.4 Å². The lowest BCUT2D eigenvalue weighted by molar-refractivity contribution is -0.0309. The zero-order valence-electron chi connectivity index (χ0n) is 18.4. The maximum absolute atomic E-state index is 11.1. The van der Waals surface area contributed by atoms with Gasteiger partial charge < -0.3 is 23.9 Å². The number of nitrogens with zero attached hydrogens (tertiary/aromatic N) is 5. The van der Waals surface area contributed by atoms with Gasteiger partial charge in [0.2, 0.25) is 0 Å². The van der Waals surface area contributed by atoms with Gasteiger partial charge >= 0.3 is 0 Å². The Morgan fingerprint density at radius 3 is 2.75 bits per heavy atom. The topological polar surface area (TPSA) is 97.7 Å². The molecule has 32 heavy (non-hydrogen) atoms. The van der Waals surface area contributed by atoms with Gasteiger partial charge in [-0.15, -0.1) is 0 Å². The number of aliphatic hydroxyl groups is 2. The monoisotopic (exact) mass is 433 g/mol. The molecule has 5 unspecified atom stereocenters. The standard InChI is InChI=1S/C24H27N5O3/c1-13-15(3)28-6-4-16(8-20(28)27-13)19-10-24(11-32-19)9-18(21(30)22(24)31)29-7-5-17-14(2)25-12-26-23(17)29/h4-8,12,18-19,21-22,30-31H,9-11H2,1-3H3. The fourth-order valence-electron chi connectivity index (χ4n) is 5.68. The summed E-state index contributed by atoms with van der Waals surface area (Å²) in [5.41, 5.74) is 5.30. The summed E-state index contributed by atoms with van der Waals surface area (Å²) in [6.45, 7) is 6.43. The summed E-state index contributed by atoms with van der Waals surface area (Å²) >= 11 is 0. The Morgan fingerprint density at radius 2 is 1.91 bits per heavy atom. The number of hydrogen-bond donors (Lipinski definition) is 2. The molecule has 8 heteroatoms. The van der Waals surface area contributed by atoms with Crippen molar-refractivity contribution in [1.82, 2.24) is 23.9 Å². The predicted octanol–water partition coefficient (Wildman–Crippen LogP) is 2.82. The molecule has 5 atom stereocenters. The van der Waals surface area contributed by atoms with E-state index < -0.39 is 17.6 Å². The Morgan fingerprint density at radius 1 is 1.06 bits per heavy atom. The fourth-order valence-corrected chi connectivity index (χ4v) is 5.68. The normalized spacial score (nSPS) is 30.3. The third-order valence-corrected chi connectivity index (χ3v) is 7.69. The van der Waals surface area contributed by atoms with E-state index in [4.69, 9.17) is 4.74 Å². The van der Waals surface area contributed by atoms with E-state index in [1.807, 2.05) is 36.9 Å². The average Bonchev–Trinajstić information content (AvgIpc) is 3.52. The van der Waals surface area contributed by atoms with Crippen molar-refractivity contribution in [3.63, 3.8) is 0 Å². The van der Waals surface area contributed by atoms with E-state index in [1.54, 1.807) is 6.33 Å². The van der Waals surface area contributed by atoms with Crippen molar-refractivity contribution in [3.05, 3.63) is 59.6 Å². The van der Waals surface area contributed by atoms with Gasteiger partial charge in [0.05, 0.1) is 36.2 Å². The zero-order valence-corrected chi connectivity index (χ0v) is 18.4. The highest BCUT2D eigenvalue weighted by Gasteiger charge is 2.57. The lowest BCUT2D eigenvalue weighted by Gasteiger charge is -2.26. The van der Waals surface area contributed by atoms with Gasteiger partial charge in [0.15, 0.2) is 0 Å².